The Morgan fingerprint density at radius 2 is 1.74 bits per heavy atom. The summed E-state index contributed by atoms with van der Waals surface area (Å²) < 4.78 is 3.01. The average Bonchev–Trinajstić information content (AvgIpc) is 2.85. The van der Waals surface area contributed by atoms with E-state index in [2.05, 4.69) is 10.3 Å². The predicted molar refractivity (Wildman–Crippen MR) is 131 cm³/mol. The van der Waals surface area contributed by atoms with Crippen LogP contribution in [-0.4, -0.2) is 26.4 Å². The first kappa shape index (κ1) is 21.3. The van der Waals surface area contributed by atoms with Gasteiger partial charge in [0.15, 0.2) is 5.65 Å². The number of amides is 1. The second-order valence-electron chi connectivity index (χ2n) is 8.15. The van der Waals surface area contributed by atoms with Crippen LogP contribution in [0.2, 0.25) is 0 Å². The van der Waals surface area contributed by atoms with Crippen LogP contribution in [0.5, 0.6) is 0 Å². The van der Waals surface area contributed by atoms with Crippen molar-refractivity contribution in [3.63, 3.8) is 0 Å². The van der Waals surface area contributed by atoms with Crippen molar-refractivity contribution in [3.8, 4) is 5.69 Å². The van der Waals surface area contributed by atoms with Crippen molar-refractivity contribution in [1.29, 1.82) is 5.41 Å². The number of fused-ring (bicyclic) bond motifs is 2. The van der Waals surface area contributed by atoms with Crippen LogP contribution in [0.1, 0.15) is 21.5 Å². The zero-order valence-electron chi connectivity index (χ0n) is 18.7. The number of carbonyl (C=O) groups excluding carboxylic acids is 1. The van der Waals surface area contributed by atoms with Crippen molar-refractivity contribution >= 4 is 22.6 Å². The molecular formula is C27H23N5O2. The zero-order chi connectivity index (χ0) is 23.7. The molecule has 0 aliphatic heterocycles. The van der Waals surface area contributed by atoms with Crippen LogP contribution in [0.15, 0.2) is 89.9 Å². The maximum Gasteiger partial charge on any atom is 0.267 e. The quantitative estimate of drug-likeness (QED) is 0.403. The lowest BCUT2D eigenvalue weighted by Gasteiger charge is -2.15. The number of nitrogens with zero attached hydrogens (tertiary/aromatic N) is 3. The maximum atomic E-state index is 13.3. The Balaban J connectivity index is 1.65. The van der Waals surface area contributed by atoms with Crippen LogP contribution in [0.4, 0.5) is 0 Å². The molecule has 3 aromatic heterocycles. The summed E-state index contributed by atoms with van der Waals surface area (Å²) in [5, 5.41) is 12.0. The van der Waals surface area contributed by atoms with Gasteiger partial charge in [0.1, 0.15) is 11.1 Å². The molecule has 0 aliphatic rings. The predicted octanol–water partition coefficient (Wildman–Crippen LogP) is 3.40. The Morgan fingerprint density at radius 1 is 1.00 bits per heavy atom. The Bertz CT molecular complexity index is 1630. The van der Waals surface area contributed by atoms with Crippen molar-refractivity contribution in [2.75, 3.05) is 6.54 Å². The first-order chi connectivity index (χ1) is 16.5. The number of aryl methyl sites for hydroxylation is 1. The van der Waals surface area contributed by atoms with Gasteiger partial charge in [-0.05, 0) is 49.2 Å². The lowest BCUT2D eigenvalue weighted by atomic mass is 10.1. The Labute approximate surface area is 195 Å². The van der Waals surface area contributed by atoms with E-state index in [9.17, 15) is 9.59 Å². The monoisotopic (exact) mass is 449 g/mol. The van der Waals surface area contributed by atoms with Gasteiger partial charge in [-0.1, -0.05) is 54.1 Å². The van der Waals surface area contributed by atoms with E-state index in [1.54, 1.807) is 29.0 Å². The molecule has 0 aliphatic carbocycles. The number of aromatic nitrogens is 3. The lowest BCUT2D eigenvalue weighted by Crippen LogP contribution is -2.35. The number of nitrogens with one attached hydrogen (secondary N) is 2. The molecule has 34 heavy (non-hydrogen) atoms. The highest BCUT2D eigenvalue weighted by molar-refractivity contribution is 5.97. The molecule has 7 nitrogen and oxygen atoms in total. The highest BCUT2D eigenvalue weighted by Gasteiger charge is 2.18. The minimum Gasteiger partial charge on any atom is -0.352 e. The largest absolute Gasteiger partial charge is 0.352 e. The first-order valence-corrected chi connectivity index (χ1v) is 11.0. The topological polar surface area (TPSA) is 92.2 Å². The van der Waals surface area contributed by atoms with Gasteiger partial charge in [0, 0.05) is 18.4 Å². The summed E-state index contributed by atoms with van der Waals surface area (Å²) in [5.74, 6) is -0.402. The fourth-order valence-corrected chi connectivity index (χ4v) is 4.01. The molecule has 5 rings (SSSR count). The van der Waals surface area contributed by atoms with Crippen molar-refractivity contribution in [1.82, 2.24) is 19.3 Å². The van der Waals surface area contributed by atoms with Gasteiger partial charge in [-0.3, -0.25) is 24.0 Å². The highest BCUT2D eigenvalue weighted by atomic mass is 16.1. The third-order valence-corrected chi connectivity index (χ3v) is 5.81. The molecule has 7 heteroatoms. The van der Waals surface area contributed by atoms with E-state index in [1.165, 1.54) is 10.5 Å². The standard InChI is InChI=1S/C27H23N5O2/c1-18-10-12-20(13-11-18)32-24(28)21(26(33)29-15-14-19-7-3-2-4-8-19)17-22-25(32)30-23-9-5-6-16-31(23)27(22)34/h2-13,16-17,28H,14-15H2,1H3,(H,29,33). The molecular weight excluding hydrogens is 426 g/mol. The smallest absolute Gasteiger partial charge is 0.267 e. The van der Waals surface area contributed by atoms with Gasteiger partial charge in [0.25, 0.3) is 11.5 Å². The average molecular weight is 450 g/mol. The second-order valence-corrected chi connectivity index (χ2v) is 8.15. The molecule has 0 spiro atoms. The summed E-state index contributed by atoms with van der Waals surface area (Å²) in [4.78, 5) is 31.1. The molecule has 0 unspecified atom stereocenters. The van der Waals surface area contributed by atoms with Crippen LogP contribution in [0.3, 0.4) is 0 Å². The SMILES string of the molecule is Cc1ccc(-n2c(=N)c(C(=O)NCCc3ccccc3)cc3c(=O)n4ccccc4nc32)cc1. The summed E-state index contributed by atoms with van der Waals surface area (Å²) >= 11 is 0. The molecule has 1 amide bonds. The fourth-order valence-electron chi connectivity index (χ4n) is 4.01. The van der Waals surface area contributed by atoms with Gasteiger partial charge >= 0.3 is 0 Å². The number of rotatable bonds is 5. The number of pyridine rings is 2. The molecule has 3 heterocycles. The summed E-state index contributed by atoms with van der Waals surface area (Å²) in [6, 6.07) is 24.2. The minimum absolute atomic E-state index is 0.0271. The molecule has 0 atom stereocenters. The summed E-state index contributed by atoms with van der Waals surface area (Å²) in [6.45, 7) is 2.39. The lowest BCUT2D eigenvalue weighted by molar-refractivity contribution is 0.0952. The first-order valence-electron chi connectivity index (χ1n) is 11.0. The van der Waals surface area contributed by atoms with Crippen LogP contribution in [0.25, 0.3) is 22.4 Å². The number of hydrogen-bond donors (Lipinski definition) is 2. The Kier molecular flexibility index (Phi) is 5.51. The summed E-state index contributed by atoms with van der Waals surface area (Å²) in [5.41, 5.74) is 3.44. The van der Waals surface area contributed by atoms with E-state index in [0.717, 1.165) is 11.1 Å². The molecule has 0 saturated heterocycles. The van der Waals surface area contributed by atoms with Crippen LogP contribution < -0.4 is 16.4 Å². The third-order valence-electron chi connectivity index (χ3n) is 5.81. The third kappa shape index (κ3) is 3.88. The maximum absolute atomic E-state index is 13.3. The van der Waals surface area contributed by atoms with E-state index in [-0.39, 0.29) is 22.0 Å². The van der Waals surface area contributed by atoms with Gasteiger partial charge in [-0.25, -0.2) is 4.98 Å². The number of hydrogen-bond acceptors (Lipinski definition) is 4. The molecule has 0 bridgehead atoms. The Morgan fingerprint density at radius 3 is 2.50 bits per heavy atom. The van der Waals surface area contributed by atoms with Gasteiger partial charge in [0.2, 0.25) is 0 Å². The summed E-state index contributed by atoms with van der Waals surface area (Å²) in [7, 11) is 0. The van der Waals surface area contributed by atoms with Crippen LogP contribution >= 0.6 is 0 Å². The van der Waals surface area contributed by atoms with Crippen molar-refractivity contribution in [2.45, 2.75) is 13.3 Å². The number of benzene rings is 2. The van der Waals surface area contributed by atoms with Crippen LogP contribution in [0, 0.1) is 12.3 Å². The van der Waals surface area contributed by atoms with Gasteiger partial charge in [-0.2, -0.15) is 0 Å². The molecule has 168 valence electrons. The normalized spacial score (nSPS) is 11.1. The molecule has 2 aromatic carbocycles. The molecule has 0 radical (unpaired) electrons. The second kappa shape index (κ2) is 8.78. The minimum atomic E-state index is -0.402. The van der Waals surface area contributed by atoms with Gasteiger partial charge in [-0.15, -0.1) is 0 Å². The fraction of sp³-hybridized carbons (Fsp3) is 0.111. The van der Waals surface area contributed by atoms with E-state index in [1.807, 2.05) is 61.5 Å². The van der Waals surface area contributed by atoms with E-state index >= 15 is 0 Å². The van der Waals surface area contributed by atoms with Gasteiger partial charge in [0.05, 0.1) is 10.9 Å². The van der Waals surface area contributed by atoms with Crippen molar-refractivity contribution < 1.29 is 4.79 Å². The van der Waals surface area contributed by atoms with Gasteiger partial charge < -0.3 is 5.32 Å². The van der Waals surface area contributed by atoms with Crippen LogP contribution in [-0.2, 0) is 6.42 Å². The van der Waals surface area contributed by atoms with E-state index in [4.69, 9.17) is 5.41 Å². The van der Waals surface area contributed by atoms with Crippen molar-refractivity contribution in [3.05, 3.63) is 118 Å². The van der Waals surface area contributed by atoms with E-state index < -0.39 is 5.91 Å². The van der Waals surface area contributed by atoms with Crippen molar-refractivity contribution in [2.24, 2.45) is 0 Å². The number of carbonyl (C=O) groups is 1. The zero-order valence-corrected chi connectivity index (χ0v) is 18.7. The molecule has 2 N–H and O–H groups in total. The highest BCUT2D eigenvalue weighted by Crippen LogP contribution is 2.16. The molecule has 5 aromatic rings. The molecule has 0 fully saturated rings. The Hall–Kier alpha value is -4.52. The summed E-state index contributed by atoms with van der Waals surface area (Å²) in [6.07, 6.45) is 2.31. The van der Waals surface area contributed by atoms with E-state index in [0.29, 0.717) is 29.9 Å². The molecule has 0 saturated carbocycles.